The lowest BCUT2D eigenvalue weighted by Crippen LogP contribution is -2.35. The zero-order valence-electron chi connectivity index (χ0n) is 21.7. The molecule has 2 amide bonds. The van der Waals surface area contributed by atoms with E-state index >= 15 is 0 Å². The number of furan rings is 1. The van der Waals surface area contributed by atoms with Gasteiger partial charge in [-0.1, -0.05) is 30.3 Å². The van der Waals surface area contributed by atoms with E-state index in [2.05, 4.69) is 4.98 Å². The van der Waals surface area contributed by atoms with Crippen molar-refractivity contribution >= 4 is 40.1 Å². The van der Waals surface area contributed by atoms with Crippen LogP contribution in [0.3, 0.4) is 0 Å². The van der Waals surface area contributed by atoms with E-state index in [9.17, 15) is 19.5 Å². The highest BCUT2D eigenvalue weighted by Gasteiger charge is 2.28. The highest BCUT2D eigenvalue weighted by molar-refractivity contribution is 7.14. The van der Waals surface area contributed by atoms with Crippen molar-refractivity contribution < 1.29 is 23.9 Å². The van der Waals surface area contributed by atoms with Gasteiger partial charge in [-0.05, 0) is 43.5 Å². The van der Waals surface area contributed by atoms with Gasteiger partial charge in [0.05, 0.1) is 18.0 Å². The van der Waals surface area contributed by atoms with E-state index in [0.29, 0.717) is 47.6 Å². The predicted octanol–water partition coefficient (Wildman–Crippen LogP) is 5.20. The first kappa shape index (κ1) is 26.3. The van der Waals surface area contributed by atoms with Crippen LogP contribution in [0.4, 0.5) is 10.9 Å². The van der Waals surface area contributed by atoms with E-state index in [1.807, 2.05) is 60.8 Å². The second-order valence-corrected chi connectivity index (χ2v) is 10.4. The Labute approximate surface area is 229 Å². The number of aliphatic carboxylic acids is 1. The molecule has 0 spiro atoms. The fourth-order valence-electron chi connectivity index (χ4n) is 4.76. The Morgan fingerprint density at radius 3 is 2.67 bits per heavy atom. The second kappa shape index (κ2) is 11.2. The van der Waals surface area contributed by atoms with Crippen molar-refractivity contribution in [1.82, 2.24) is 9.97 Å². The van der Waals surface area contributed by atoms with Gasteiger partial charge in [-0.25, -0.2) is 9.97 Å². The normalized spacial score (nSPS) is 14.0. The summed E-state index contributed by atoms with van der Waals surface area (Å²) in [5.74, 6) is -0.0608. The molecule has 4 heterocycles. The minimum Gasteiger partial charge on any atom is -0.481 e. The van der Waals surface area contributed by atoms with Crippen molar-refractivity contribution in [3.63, 3.8) is 0 Å². The molecule has 4 aromatic rings. The van der Waals surface area contributed by atoms with Crippen molar-refractivity contribution in [1.29, 1.82) is 0 Å². The summed E-state index contributed by atoms with van der Waals surface area (Å²) in [6.07, 6.45) is 3.11. The van der Waals surface area contributed by atoms with Gasteiger partial charge in [-0.3, -0.25) is 24.2 Å². The van der Waals surface area contributed by atoms with Gasteiger partial charge >= 0.3 is 5.97 Å². The Kier molecular flexibility index (Phi) is 7.56. The zero-order valence-corrected chi connectivity index (χ0v) is 22.5. The van der Waals surface area contributed by atoms with Crippen LogP contribution in [0.5, 0.6) is 0 Å². The lowest BCUT2D eigenvalue weighted by atomic mass is 9.95. The summed E-state index contributed by atoms with van der Waals surface area (Å²) in [4.78, 5) is 49.3. The largest absolute Gasteiger partial charge is 0.481 e. The monoisotopic (exact) mass is 544 g/mol. The Morgan fingerprint density at radius 1 is 1.21 bits per heavy atom. The quantitative estimate of drug-likeness (QED) is 0.308. The second-order valence-electron chi connectivity index (χ2n) is 9.55. The fraction of sp³-hybridized carbons (Fsp3) is 0.276. The number of carboxylic acid groups (broad SMARTS) is 1. The van der Waals surface area contributed by atoms with Crippen LogP contribution in [0, 0.1) is 12.8 Å². The van der Waals surface area contributed by atoms with Crippen molar-refractivity contribution in [2.24, 2.45) is 5.92 Å². The number of aromatic nitrogens is 2. The third kappa shape index (κ3) is 5.75. The predicted molar refractivity (Wildman–Crippen MR) is 149 cm³/mol. The summed E-state index contributed by atoms with van der Waals surface area (Å²) < 4.78 is 6.01. The average molecular weight is 545 g/mol. The lowest BCUT2D eigenvalue weighted by Gasteiger charge is -2.21. The van der Waals surface area contributed by atoms with E-state index in [4.69, 9.17) is 9.40 Å². The van der Waals surface area contributed by atoms with Gasteiger partial charge in [0.25, 0.3) is 0 Å². The summed E-state index contributed by atoms with van der Waals surface area (Å²) in [5, 5.41) is 11.7. The molecule has 1 fully saturated rings. The molecule has 1 N–H and O–H groups in total. The molecule has 1 atom stereocenters. The van der Waals surface area contributed by atoms with Gasteiger partial charge in [-0.15, -0.1) is 11.3 Å². The van der Waals surface area contributed by atoms with Gasteiger partial charge in [-0.2, -0.15) is 0 Å². The molecule has 9 nitrogen and oxygen atoms in total. The molecule has 1 aliphatic heterocycles. The number of amides is 2. The number of rotatable bonds is 9. The van der Waals surface area contributed by atoms with Crippen LogP contribution < -0.4 is 9.80 Å². The summed E-state index contributed by atoms with van der Waals surface area (Å²) in [5.41, 5.74) is 3.04. The zero-order chi connectivity index (χ0) is 27.5. The smallest absolute Gasteiger partial charge is 0.304 e. The number of hydrogen-bond acceptors (Lipinski definition) is 7. The first-order valence-electron chi connectivity index (χ1n) is 12.7. The van der Waals surface area contributed by atoms with Crippen molar-refractivity contribution in [2.75, 3.05) is 23.4 Å². The van der Waals surface area contributed by atoms with E-state index in [-0.39, 0.29) is 18.2 Å². The molecule has 3 aromatic heterocycles. The van der Waals surface area contributed by atoms with Gasteiger partial charge in [0.1, 0.15) is 17.3 Å². The highest BCUT2D eigenvalue weighted by atomic mass is 32.1. The first-order chi connectivity index (χ1) is 18.8. The summed E-state index contributed by atoms with van der Waals surface area (Å²) >= 11 is 1.30. The Hall–Kier alpha value is -4.31. The molecule has 0 aliphatic carbocycles. The van der Waals surface area contributed by atoms with Gasteiger partial charge < -0.3 is 9.52 Å². The number of thiazole rings is 1. The van der Waals surface area contributed by atoms with E-state index in [1.165, 1.54) is 16.2 Å². The number of hydrogen-bond donors (Lipinski definition) is 1. The number of anilines is 2. The van der Waals surface area contributed by atoms with Crippen LogP contribution >= 0.6 is 11.3 Å². The molecule has 0 saturated carbocycles. The molecular weight excluding hydrogens is 516 g/mol. The van der Waals surface area contributed by atoms with Crippen LogP contribution in [-0.2, 0) is 20.8 Å². The Bertz CT molecular complexity index is 1500. The molecule has 5 rings (SSSR count). The standard InChI is InChI=1S/C29H28N4O5S/c1-18-13-22(27(38-18)20-10-11-24(30-16-20)33-12-6-9-25(33)34)23-17-39-29(31-23)32(2)28(37)21(15-26(35)36)14-19-7-4-3-5-8-19/h3-5,7-8,10-11,13,16-17,21H,6,9,12,14-15H2,1-2H3,(H,35,36). The molecule has 1 unspecified atom stereocenters. The average Bonchev–Trinajstić information content (AvgIpc) is 3.68. The molecule has 1 aromatic carbocycles. The molecule has 200 valence electrons. The number of pyridine rings is 1. The molecule has 1 saturated heterocycles. The number of carbonyl (C=O) groups is 3. The van der Waals surface area contributed by atoms with Gasteiger partial charge in [0.2, 0.25) is 11.8 Å². The summed E-state index contributed by atoms with van der Waals surface area (Å²) in [6, 6.07) is 15.0. The third-order valence-corrected chi connectivity index (χ3v) is 7.61. The number of aryl methyl sites for hydroxylation is 1. The number of carbonyl (C=O) groups excluding carboxylic acids is 2. The maximum Gasteiger partial charge on any atom is 0.304 e. The van der Waals surface area contributed by atoms with Crippen LogP contribution in [-0.4, -0.2) is 46.5 Å². The van der Waals surface area contributed by atoms with Crippen molar-refractivity contribution in [2.45, 2.75) is 32.6 Å². The maximum absolute atomic E-state index is 13.4. The SMILES string of the molecule is Cc1cc(-c2csc(N(C)C(=O)C(CC(=O)O)Cc3ccccc3)n2)c(-c2ccc(N3CCCC3=O)nc2)o1. The molecule has 39 heavy (non-hydrogen) atoms. The minimum atomic E-state index is -1.02. The third-order valence-electron chi connectivity index (χ3n) is 6.70. The highest BCUT2D eigenvalue weighted by Crippen LogP contribution is 2.37. The van der Waals surface area contributed by atoms with E-state index in [0.717, 1.165) is 23.1 Å². The Balaban J connectivity index is 1.37. The Morgan fingerprint density at radius 2 is 2.00 bits per heavy atom. The lowest BCUT2D eigenvalue weighted by molar-refractivity contribution is -0.140. The summed E-state index contributed by atoms with van der Waals surface area (Å²) in [7, 11) is 1.62. The fourth-order valence-corrected chi connectivity index (χ4v) is 5.55. The summed E-state index contributed by atoms with van der Waals surface area (Å²) in [6.45, 7) is 2.52. The van der Waals surface area contributed by atoms with Crippen LogP contribution in [0.2, 0.25) is 0 Å². The molecule has 10 heteroatoms. The van der Waals surface area contributed by atoms with Crippen molar-refractivity contribution in [3.8, 4) is 22.6 Å². The van der Waals surface area contributed by atoms with Crippen LogP contribution in [0.15, 0.2) is 64.5 Å². The molecule has 1 aliphatic rings. The van der Waals surface area contributed by atoms with Gasteiger partial charge in [0, 0.05) is 42.7 Å². The first-order valence-corrected chi connectivity index (χ1v) is 13.5. The number of nitrogens with zero attached hydrogens (tertiary/aromatic N) is 4. The van der Waals surface area contributed by atoms with Crippen LogP contribution in [0.1, 0.15) is 30.6 Å². The van der Waals surface area contributed by atoms with Gasteiger partial charge in [0.15, 0.2) is 5.13 Å². The molecular formula is C29H28N4O5S. The van der Waals surface area contributed by atoms with Crippen LogP contribution in [0.25, 0.3) is 22.6 Å². The molecule has 0 bridgehead atoms. The topological polar surface area (TPSA) is 117 Å². The van der Waals surface area contributed by atoms with E-state index < -0.39 is 11.9 Å². The van der Waals surface area contributed by atoms with E-state index in [1.54, 1.807) is 18.1 Å². The minimum absolute atomic E-state index is 0.0767. The van der Waals surface area contributed by atoms with Crippen molar-refractivity contribution in [3.05, 3.63) is 71.4 Å². The maximum atomic E-state index is 13.4. The molecule has 0 radical (unpaired) electrons. The number of carboxylic acids is 1. The number of benzene rings is 1.